The van der Waals surface area contributed by atoms with Crippen molar-refractivity contribution in [2.45, 2.75) is 88.3 Å². The number of piperazine rings is 1. The van der Waals surface area contributed by atoms with Crippen molar-refractivity contribution in [1.82, 2.24) is 24.8 Å². The van der Waals surface area contributed by atoms with E-state index < -0.39 is 23.1 Å². The number of methoxy groups -OCH3 is 1. The molecular formula is C39H44F2N6O6. The Kier molecular flexibility index (Phi) is 8.26. The third kappa shape index (κ3) is 5.94. The Morgan fingerprint density at radius 3 is 2.75 bits per heavy atom. The number of ether oxygens (including phenoxy) is 5. The molecule has 0 aliphatic carbocycles. The summed E-state index contributed by atoms with van der Waals surface area (Å²) in [6.45, 7) is 7.86. The molecule has 0 N–H and O–H groups in total. The Morgan fingerprint density at radius 1 is 1.06 bits per heavy atom. The van der Waals surface area contributed by atoms with Gasteiger partial charge in [-0.2, -0.15) is 9.97 Å². The first-order valence-corrected chi connectivity index (χ1v) is 18.5. The number of halogens is 2. The SMILES string of the molecule is COCOc1cc(-c2cc3nc(OC[C@@]45CCCN4C[C@@H](F)C5)nc4c3c(n2)OC[C@@H]2[C@@H]3CC[C@H](CN42)N3C(=O)OC(C)(C)C)c2c(F)cccc2c1. The molecule has 0 unspecified atom stereocenters. The normalized spacial score (nSPS) is 26.4. The van der Waals surface area contributed by atoms with E-state index in [2.05, 4.69) is 9.80 Å². The zero-order chi connectivity index (χ0) is 36.6. The Balaban J connectivity index is 1.17. The first kappa shape index (κ1) is 34.2. The van der Waals surface area contributed by atoms with E-state index in [1.165, 1.54) is 13.2 Å². The average molecular weight is 731 g/mol. The summed E-state index contributed by atoms with van der Waals surface area (Å²) in [7, 11) is 1.53. The third-order valence-electron chi connectivity index (χ3n) is 11.4. The fourth-order valence-corrected chi connectivity index (χ4v) is 9.26. The van der Waals surface area contributed by atoms with Gasteiger partial charge in [-0.1, -0.05) is 12.1 Å². The molecule has 2 bridgehead atoms. The molecule has 280 valence electrons. The van der Waals surface area contributed by atoms with Crippen molar-refractivity contribution in [3.8, 4) is 28.9 Å². The number of hydrogen-bond donors (Lipinski definition) is 0. The quantitative estimate of drug-likeness (QED) is 0.201. The molecule has 7 heterocycles. The minimum Gasteiger partial charge on any atom is -0.475 e. The third-order valence-corrected chi connectivity index (χ3v) is 11.4. The number of carbonyl (C=O) groups is 1. The Bertz CT molecular complexity index is 2100. The van der Waals surface area contributed by atoms with Gasteiger partial charge in [-0.05, 0) is 82.7 Å². The highest BCUT2D eigenvalue weighted by Crippen LogP contribution is 2.46. The molecule has 14 heteroatoms. The van der Waals surface area contributed by atoms with E-state index in [0.29, 0.717) is 69.9 Å². The van der Waals surface area contributed by atoms with Gasteiger partial charge in [0.25, 0.3) is 0 Å². The average Bonchev–Trinajstić information content (AvgIpc) is 3.72. The van der Waals surface area contributed by atoms with E-state index >= 15 is 4.39 Å². The van der Waals surface area contributed by atoms with Crippen molar-refractivity contribution in [3.63, 3.8) is 0 Å². The first-order chi connectivity index (χ1) is 25.5. The van der Waals surface area contributed by atoms with Crippen LogP contribution in [0.2, 0.25) is 0 Å². The van der Waals surface area contributed by atoms with Crippen LogP contribution in [-0.4, -0.2) is 113 Å². The molecule has 5 atom stereocenters. The minimum atomic E-state index is -0.897. The van der Waals surface area contributed by atoms with Crippen LogP contribution in [0.1, 0.15) is 52.9 Å². The second-order valence-corrected chi connectivity index (χ2v) is 16.0. The van der Waals surface area contributed by atoms with Gasteiger partial charge in [0.1, 0.15) is 47.8 Å². The standard InChI is InChI=1S/C39H44F2N6O6/c1-38(2,3)53-37(48)47-24-9-10-30(47)31-19-50-35-33-29(15-28(42-35)26-14-25(52-21-49-4)13-22-7-5-8-27(41)32(22)26)43-36(44-34(33)46(31)18-24)51-20-39-11-6-12-45(39)17-23(40)16-39/h5,7-8,13-15,23-24,30-31H,6,9-12,16-21H2,1-4H3/t23-,24+,30-,31+,39-/m0/s1. The molecule has 4 saturated heterocycles. The highest BCUT2D eigenvalue weighted by molar-refractivity contribution is 6.01. The van der Waals surface area contributed by atoms with Crippen LogP contribution in [0.5, 0.6) is 17.6 Å². The predicted octanol–water partition coefficient (Wildman–Crippen LogP) is 6.27. The van der Waals surface area contributed by atoms with Crippen molar-refractivity contribution >= 4 is 33.6 Å². The van der Waals surface area contributed by atoms with Crippen LogP contribution in [0.15, 0.2) is 36.4 Å². The van der Waals surface area contributed by atoms with Gasteiger partial charge < -0.3 is 28.6 Å². The minimum absolute atomic E-state index is 0.0127. The van der Waals surface area contributed by atoms with Crippen molar-refractivity contribution in [1.29, 1.82) is 0 Å². The van der Waals surface area contributed by atoms with E-state index in [4.69, 9.17) is 38.6 Å². The number of aromatic nitrogens is 3. The summed E-state index contributed by atoms with van der Waals surface area (Å²) in [5.74, 6) is 0.985. The topological polar surface area (TPSA) is 112 Å². The maximum Gasteiger partial charge on any atom is 0.410 e. The van der Waals surface area contributed by atoms with Gasteiger partial charge in [-0.25, -0.2) is 18.6 Å². The molecule has 4 fully saturated rings. The number of benzene rings is 2. The van der Waals surface area contributed by atoms with E-state index in [-0.39, 0.29) is 50.2 Å². The van der Waals surface area contributed by atoms with E-state index in [0.717, 1.165) is 32.2 Å². The number of fused-ring (bicyclic) bond motifs is 7. The van der Waals surface area contributed by atoms with Crippen LogP contribution >= 0.6 is 0 Å². The molecule has 2 aromatic carbocycles. The molecule has 12 nitrogen and oxygen atoms in total. The molecule has 9 rings (SSSR count). The zero-order valence-electron chi connectivity index (χ0n) is 30.4. The lowest BCUT2D eigenvalue weighted by Gasteiger charge is -2.46. The van der Waals surface area contributed by atoms with Crippen LogP contribution in [0.3, 0.4) is 0 Å². The van der Waals surface area contributed by atoms with Crippen LogP contribution in [0.4, 0.5) is 19.4 Å². The number of hydrogen-bond acceptors (Lipinski definition) is 11. The number of rotatable bonds is 7. The molecule has 0 radical (unpaired) electrons. The largest absolute Gasteiger partial charge is 0.475 e. The molecule has 1 amide bonds. The maximum atomic E-state index is 15.6. The van der Waals surface area contributed by atoms with Gasteiger partial charge in [0.2, 0.25) is 5.88 Å². The molecule has 0 saturated carbocycles. The van der Waals surface area contributed by atoms with Crippen molar-refractivity contribution < 1.29 is 37.3 Å². The molecule has 5 aliphatic rings. The summed E-state index contributed by atoms with van der Waals surface area (Å²) in [4.78, 5) is 34.8. The number of carbonyl (C=O) groups excluding carboxylic acids is 1. The monoisotopic (exact) mass is 730 g/mol. The summed E-state index contributed by atoms with van der Waals surface area (Å²) < 4.78 is 60.2. The number of amides is 1. The zero-order valence-corrected chi connectivity index (χ0v) is 30.4. The highest BCUT2D eigenvalue weighted by atomic mass is 19.1. The van der Waals surface area contributed by atoms with Gasteiger partial charge in [0, 0.05) is 37.6 Å². The molecule has 0 spiro atoms. The number of pyridine rings is 1. The highest BCUT2D eigenvalue weighted by Gasteiger charge is 2.52. The van der Waals surface area contributed by atoms with Crippen LogP contribution in [0, 0.1) is 5.82 Å². The maximum absolute atomic E-state index is 15.6. The molecule has 5 aliphatic heterocycles. The molecular weight excluding hydrogens is 686 g/mol. The van der Waals surface area contributed by atoms with E-state index in [9.17, 15) is 9.18 Å². The number of anilines is 1. The predicted molar refractivity (Wildman–Crippen MR) is 193 cm³/mol. The molecule has 2 aromatic heterocycles. The number of alkyl halides is 1. The van der Waals surface area contributed by atoms with Gasteiger partial charge in [-0.3, -0.25) is 9.80 Å². The van der Waals surface area contributed by atoms with Crippen LogP contribution in [-0.2, 0) is 9.47 Å². The number of nitrogens with zero attached hydrogens (tertiary/aromatic N) is 6. The Hall–Kier alpha value is -4.56. The van der Waals surface area contributed by atoms with Gasteiger partial charge in [-0.15, -0.1) is 0 Å². The smallest absolute Gasteiger partial charge is 0.410 e. The van der Waals surface area contributed by atoms with E-state index in [1.807, 2.05) is 31.7 Å². The van der Waals surface area contributed by atoms with E-state index in [1.54, 1.807) is 24.3 Å². The summed E-state index contributed by atoms with van der Waals surface area (Å²) in [6.07, 6.45) is 2.61. The molecule has 4 aromatic rings. The van der Waals surface area contributed by atoms with Crippen LogP contribution in [0.25, 0.3) is 32.9 Å². The fourth-order valence-electron chi connectivity index (χ4n) is 9.26. The lowest BCUT2D eigenvalue weighted by atomic mass is 9.95. The first-order valence-electron chi connectivity index (χ1n) is 18.5. The summed E-state index contributed by atoms with van der Waals surface area (Å²) in [6, 6.07) is 9.82. The summed E-state index contributed by atoms with van der Waals surface area (Å²) in [5.41, 5.74) is 0.392. The summed E-state index contributed by atoms with van der Waals surface area (Å²) >= 11 is 0. The van der Waals surface area contributed by atoms with Crippen molar-refractivity contribution in [2.24, 2.45) is 0 Å². The second kappa shape index (κ2) is 12.8. The fraction of sp³-hybridized carbons (Fsp3) is 0.538. The van der Waals surface area contributed by atoms with Gasteiger partial charge in [0.05, 0.1) is 34.9 Å². The Morgan fingerprint density at radius 2 is 1.92 bits per heavy atom. The lowest BCUT2D eigenvalue weighted by Crippen LogP contribution is -2.63. The second-order valence-electron chi connectivity index (χ2n) is 16.0. The van der Waals surface area contributed by atoms with Gasteiger partial charge in [0.15, 0.2) is 6.79 Å². The van der Waals surface area contributed by atoms with Crippen molar-refractivity contribution in [2.75, 3.05) is 51.7 Å². The summed E-state index contributed by atoms with van der Waals surface area (Å²) in [5, 5.41) is 1.62. The van der Waals surface area contributed by atoms with Gasteiger partial charge >= 0.3 is 12.1 Å². The van der Waals surface area contributed by atoms with Crippen molar-refractivity contribution in [3.05, 3.63) is 42.2 Å². The lowest BCUT2D eigenvalue weighted by molar-refractivity contribution is 0.00537. The van der Waals surface area contributed by atoms with Crippen LogP contribution < -0.4 is 19.1 Å². The molecule has 53 heavy (non-hydrogen) atoms. The Labute approximate surface area is 306 Å².